The van der Waals surface area contributed by atoms with Crippen molar-refractivity contribution < 1.29 is 4.79 Å². The minimum absolute atomic E-state index is 0.115. The van der Waals surface area contributed by atoms with E-state index in [1.165, 1.54) is 24.8 Å². The predicted octanol–water partition coefficient (Wildman–Crippen LogP) is 4.58. The number of hydrogen-bond acceptors (Lipinski definition) is 3. The maximum Gasteiger partial charge on any atom is 0.274 e. The van der Waals surface area contributed by atoms with Crippen molar-refractivity contribution in [2.75, 3.05) is 6.54 Å². The third-order valence-corrected chi connectivity index (χ3v) is 6.95. The fraction of sp³-hybridized carbons (Fsp3) is 0.429. The van der Waals surface area contributed by atoms with Gasteiger partial charge in [-0.15, -0.1) is 11.3 Å². The number of likely N-dealkylation sites (tertiary alicyclic amines) is 1. The van der Waals surface area contributed by atoms with Crippen molar-refractivity contribution >= 4 is 22.2 Å². The number of nitrogens with zero attached hydrogens (tertiary/aromatic N) is 3. The van der Waals surface area contributed by atoms with Crippen molar-refractivity contribution in [2.45, 2.75) is 44.1 Å². The molecule has 1 saturated heterocycles. The van der Waals surface area contributed by atoms with E-state index in [0.717, 1.165) is 24.3 Å². The van der Waals surface area contributed by atoms with E-state index < -0.39 is 0 Å². The van der Waals surface area contributed by atoms with E-state index in [-0.39, 0.29) is 5.91 Å². The number of thiazole rings is 1. The summed E-state index contributed by atoms with van der Waals surface area (Å²) in [6, 6.07) is 11.2. The van der Waals surface area contributed by atoms with E-state index in [1.54, 1.807) is 11.3 Å². The van der Waals surface area contributed by atoms with Crippen molar-refractivity contribution in [2.24, 2.45) is 5.92 Å². The Hall–Kier alpha value is -2.14. The van der Waals surface area contributed by atoms with Gasteiger partial charge in [0.25, 0.3) is 5.91 Å². The zero-order chi connectivity index (χ0) is 17.5. The summed E-state index contributed by atoms with van der Waals surface area (Å²) in [4.78, 5) is 20.8. The molecule has 0 N–H and O–H groups in total. The van der Waals surface area contributed by atoms with Crippen LogP contribution in [0.3, 0.4) is 0 Å². The van der Waals surface area contributed by atoms with Crippen LogP contribution in [0.15, 0.2) is 48.1 Å². The summed E-state index contributed by atoms with van der Waals surface area (Å²) < 4.78 is 1.95. The number of fused-ring (bicyclic) bond motifs is 2. The molecule has 0 bridgehead atoms. The van der Waals surface area contributed by atoms with Gasteiger partial charge in [0.05, 0.1) is 0 Å². The van der Waals surface area contributed by atoms with Crippen LogP contribution in [-0.4, -0.2) is 32.8 Å². The number of hydrogen-bond donors (Lipinski definition) is 0. The Labute approximate surface area is 157 Å². The van der Waals surface area contributed by atoms with Crippen LogP contribution in [0.2, 0.25) is 0 Å². The van der Waals surface area contributed by atoms with Gasteiger partial charge in [-0.25, -0.2) is 4.98 Å². The second-order valence-corrected chi connectivity index (χ2v) is 8.41. The molecule has 3 atom stereocenters. The summed E-state index contributed by atoms with van der Waals surface area (Å²) in [5.41, 5.74) is 2.04. The molecule has 1 aliphatic heterocycles. The quantitative estimate of drug-likeness (QED) is 0.666. The zero-order valence-corrected chi connectivity index (χ0v) is 15.6. The topological polar surface area (TPSA) is 37.6 Å². The highest BCUT2D eigenvalue weighted by Gasteiger charge is 2.42. The molecule has 0 spiro atoms. The smallest absolute Gasteiger partial charge is 0.274 e. The highest BCUT2D eigenvalue weighted by Crippen LogP contribution is 2.44. The molecule has 2 fully saturated rings. The first-order chi connectivity index (χ1) is 12.8. The second kappa shape index (κ2) is 6.54. The number of carbonyl (C=O) groups is 1. The Morgan fingerprint density at radius 3 is 2.81 bits per heavy atom. The molecule has 1 saturated carbocycles. The van der Waals surface area contributed by atoms with Crippen LogP contribution in [0.25, 0.3) is 4.96 Å². The number of benzene rings is 1. The van der Waals surface area contributed by atoms with Crippen LogP contribution in [-0.2, 0) is 0 Å². The number of imidazole rings is 1. The molecule has 1 amide bonds. The molecule has 1 aromatic carbocycles. The minimum atomic E-state index is 0.115. The summed E-state index contributed by atoms with van der Waals surface area (Å²) in [6.45, 7) is 0.838. The molecule has 4 nitrogen and oxygen atoms in total. The van der Waals surface area contributed by atoms with E-state index in [9.17, 15) is 4.79 Å². The summed E-state index contributed by atoms with van der Waals surface area (Å²) in [6.07, 6.45) is 9.77. The maximum absolute atomic E-state index is 13.2. The normalized spacial score (nSPS) is 26.0. The van der Waals surface area contributed by atoms with Gasteiger partial charge in [-0.3, -0.25) is 9.20 Å². The fourth-order valence-corrected chi connectivity index (χ4v) is 5.70. The van der Waals surface area contributed by atoms with Crippen molar-refractivity contribution in [3.63, 3.8) is 0 Å². The third-order valence-electron chi connectivity index (χ3n) is 6.18. The Morgan fingerprint density at radius 2 is 1.96 bits per heavy atom. The fourth-order valence-electron chi connectivity index (χ4n) is 5.00. The van der Waals surface area contributed by atoms with Crippen molar-refractivity contribution in [1.82, 2.24) is 14.3 Å². The average molecular weight is 366 g/mol. The first kappa shape index (κ1) is 16.1. The number of amides is 1. The summed E-state index contributed by atoms with van der Waals surface area (Å²) in [5.74, 6) is 1.27. The molecule has 2 aromatic heterocycles. The first-order valence-electron chi connectivity index (χ1n) is 9.59. The first-order valence-corrected chi connectivity index (χ1v) is 10.5. The van der Waals surface area contributed by atoms with E-state index in [4.69, 9.17) is 0 Å². The highest BCUT2D eigenvalue weighted by atomic mass is 32.1. The van der Waals surface area contributed by atoms with Gasteiger partial charge < -0.3 is 4.90 Å². The van der Waals surface area contributed by atoms with E-state index >= 15 is 0 Å². The Kier molecular flexibility index (Phi) is 4.04. The lowest BCUT2D eigenvalue weighted by molar-refractivity contribution is 0.0315. The summed E-state index contributed by atoms with van der Waals surface area (Å²) in [7, 11) is 0. The standard InChI is InChI=1S/C21H23N3OS/c25-20(18-14-23-12-13-26-21(23)22-18)24-11-10-16(15-6-2-1-3-7-15)17-8-4-5-9-19(17)24/h1-3,6-7,12-14,16-17,19H,4-5,8-11H2/t16-,17-,19-/m1/s1. The Bertz CT molecular complexity index is 887. The SMILES string of the molecule is O=C(c1cn2ccsc2n1)N1CC[C@H](c2ccccc2)[C@H]2CCCC[C@H]21. The van der Waals surface area contributed by atoms with Crippen molar-refractivity contribution in [3.8, 4) is 0 Å². The molecule has 5 heteroatoms. The summed E-state index contributed by atoms with van der Waals surface area (Å²) in [5, 5.41) is 2.00. The van der Waals surface area contributed by atoms with Gasteiger partial charge in [0, 0.05) is 30.4 Å². The highest BCUT2D eigenvalue weighted by molar-refractivity contribution is 7.15. The molecular weight excluding hydrogens is 342 g/mol. The van der Waals surface area contributed by atoms with Crippen LogP contribution >= 0.6 is 11.3 Å². The predicted molar refractivity (Wildman–Crippen MR) is 104 cm³/mol. The molecule has 3 aromatic rings. The molecule has 2 aliphatic rings. The maximum atomic E-state index is 13.2. The van der Waals surface area contributed by atoms with Gasteiger partial charge in [-0.1, -0.05) is 43.2 Å². The monoisotopic (exact) mass is 365 g/mol. The molecular formula is C21H23N3OS. The van der Waals surface area contributed by atoms with Gasteiger partial charge >= 0.3 is 0 Å². The Balaban J connectivity index is 1.43. The number of rotatable bonds is 2. The number of aromatic nitrogens is 2. The van der Waals surface area contributed by atoms with Gasteiger partial charge in [0.15, 0.2) is 4.96 Å². The van der Waals surface area contributed by atoms with Crippen molar-refractivity contribution in [1.29, 1.82) is 0 Å². The van der Waals surface area contributed by atoms with E-state index in [0.29, 0.717) is 23.6 Å². The lowest BCUT2D eigenvalue weighted by atomic mass is 9.69. The molecule has 0 unspecified atom stereocenters. The molecule has 1 aliphatic carbocycles. The number of piperidine rings is 1. The van der Waals surface area contributed by atoms with Gasteiger partial charge in [-0.2, -0.15) is 0 Å². The average Bonchev–Trinajstić information content (AvgIpc) is 3.29. The molecule has 5 rings (SSSR count). The van der Waals surface area contributed by atoms with E-state index in [2.05, 4.69) is 40.2 Å². The van der Waals surface area contributed by atoms with Gasteiger partial charge in [0.2, 0.25) is 0 Å². The lowest BCUT2D eigenvalue weighted by Gasteiger charge is -2.48. The minimum Gasteiger partial charge on any atom is -0.334 e. The Morgan fingerprint density at radius 1 is 1.12 bits per heavy atom. The summed E-state index contributed by atoms with van der Waals surface area (Å²) >= 11 is 1.57. The van der Waals surface area contributed by atoms with Crippen LogP contribution in [0, 0.1) is 5.92 Å². The lowest BCUT2D eigenvalue weighted by Crippen LogP contribution is -2.52. The van der Waals surface area contributed by atoms with Gasteiger partial charge in [0.1, 0.15) is 5.69 Å². The van der Waals surface area contributed by atoms with Crippen LogP contribution in [0.5, 0.6) is 0 Å². The van der Waals surface area contributed by atoms with Crippen molar-refractivity contribution in [3.05, 3.63) is 59.4 Å². The third kappa shape index (κ3) is 2.65. The number of carbonyl (C=O) groups excluding carboxylic acids is 1. The van der Waals surface area contributed by atoms with E-state index in [1.807, 2.05) is 22.2 Å². The molecule has 3 heterocycles. The molecule has 134 valence electrons. The largest absolute Gasteiger partial charge is 0.334 e. The van der Waals surface area contributed by atoms with Crippen LogP contribution in [0.4, 0.5) is 0 Å². The second-order valence-electron chi connectivity index (χ2n) is 7.54. The zero-order valence-electron chi connectivity index (χ0n) is 14.8. The van der Waals surface area contributed by atoms with Gasteiger partial charge in [-0.05, 0) is 36.7 Å². The molecule has 26 heavy (non-hydrogen) atoms. The molecule has 0 radical (unpaired) electrons. The van der Waals surface area contributed by atoms with Crippen LogP contribution in [0.1, 0.15) is 54.1 Å². The van der Waals surface area contributed by atoms with Crippen LogP contribution < -0.4 is 0 Å².